The van der Waals surface area contributed by atoms with E-state index in [0.717, 1.165) is 38.5 Å². The van der Waals surface area contributed by atoms with Gasteiger partial charge in [-0.2, -0.15) is 5.06 Å². The third-order valence-electron chi connectivity index (χ3n) is 11.9. The van der Waals surface area contributed by atoms with Crippen LogP contribution in [0.2, 0.25) is 18.1 Å². The van der Waals surface area contributed by atoms with E-state index in [0.29, 0.717) is 39.1 Å². The predicted molar refractivity (Wildman–Crippen MR) is 197 cm³/mol. The Morgan fingerprint density at radius 2 is 1.58 bits per heavy atom. The Balaban J connectivity index is 1.48. The van der Waals surface area contributed by atoms with E-state index in [2.05, 4.69) is 104 Å². The molecule has 1 N–H and O–H groups in total. The molecular weight excluding hydrogens is 619 g/mol. The van der Waals surface area contributed by atoms with Gasteiger partial charge in [0.1, 0.15) is 0 Å². The first-order chi connectivity index (χ1) is 22.3. The van der Waals surface area contributed by atoms with Gasteiger partial charge in [0.15, 0.2) is 8.32 Å². The van der Waals surface area contributed by atoms with E-state index in [-0.39, 0.29) is 45.6 Å². The van der Waals surface area contributed by atoms with Gasteiger partial charge in [-0.25, -0.2) is 0 Å². The van der Waals surface area contributed by atoms with Crippen LogP contribution in [0.3, 0.4) is 0 Å². The Labute approximate surface area is 295 Å². The number of piperidine rings is 1. The van der Waals surface area contributed by atoms with Crippen LogP contribution in [0.5, 0.6) is 0 Å². The molecule has 48 heavy (non-hydrogen) atoms. The smallest absolute Gasteiger partial charge is 0.282 e. The maximum Gasteiger partial charge on any atom is 0.282 e. The number of hydroxylamine groups is 2. The van der Waals surface area contributed by atoms with Crippen molar-refractivity contribution in [3.63, 3.8) is 0 Å². The summed E-state index contributed by atoms with van der Waals surface area (Å²) in [7, 11) is -2.06. The van der Waals surface area contributed by atoms with Crippen LogP contribution in [0.1, 0.15) is 139 Å². The number of rotatable bonds is 14. The van der Waals surface area contributed by atoms with E-state index >= 15 is 0 Å². The zero-order valence-electron chi connectivity index (χ0n) is 32.6. The molecular formula is C40H71NO6Si. The number of hydrogen-bond acceptors (Lipinski definition) is 7. The largest absolute Gasteiger partial charge is 0.413 e. The molecule has 5 rings (SSSR count). The first-order valence-electron chi connectivity index (χ1n) is 19.2. The molecule has 4 aliphatic heterocycles. The van der Waals surface area contributed by atoms with Crippen molar-refractivity contribution in [2.24, 2.45) is 17.3 Å². The van der Waals surface area contributed by atoms with Crippen LogP contribution in [0.4, 0.5) is 0 Å². The normalized spacial score (nSPS) is 34.3. The van der Waals surface area contributed by atoms with Crippen LogP contribution in [-0.2, 0) is 23.5 Å². The minimum absolute atomic E-state index is 0.0188. The molecule has 5 fully saturated rings. The SMILES string of the molecule is CCCCCC(/C=C/[C@@H]1[C@H](CC#CCCCC23OCC(C)(CO2)CO3)[C@@H](O)C[C@H]1O[Si](C)(C)C(C)(C)C)ON1C(C)(C)CCCC1(C)C. The van der Waals surface area contributed by atoms with Crippen molar-refractivity contribution in [2.75, 3.05) is 19.8 Å². The molecule has 4 saturated heterocycles. The fourth-order valence-corrected chi connectivity index (χ4v) is 9.11. The third kappa shape index (κ3) is 9.97. The summed E-state index contributed by atoms with van der Waals surface area (Å²) in [5, 5.41) is 13.9. The number of aliphatic hydroxyl groups is 1. The number of fused-ring (bicyclic) bond motifs is 3. The average molecular weight is 690 g/mol. The highest BCUT2D eigenvalue weighted by Crippen LogP contribution is 2.45. The van der Waals surface area contributed by atoms with Gasteiger partial charge in [0.25, 0.3) is 5.97 Å². The molecule has 276 valence electrons. The maximum absolute atomic E-state index is 11.5. The van der Waals surface area contributed by atoms with Gasteiger partial charge in [0, 0.05) is 47.6 Å². The highest BCUT2D eigenvalue weighted by molar-refractivity contribution is 6.74. The Kier molecular flexibility index (Phi) is 13.2. The van der Waals surface area contributed by atoms with Crippen LogP contribution >= 0.6 is 0 Å². The highest BCUT2D eigenvalue weighted by Gasteiger charge is 2.50. The lowest BCUT2D eigenvalue weighted by Crippen LogP contribution is -2.59. The van der Waals surface area contributed by atoms with Crippen molar-refractivity contribution in [3.05, 3.63) is 12.2 Å². The monoisotopic (exact) mass is 690 g/mol. The fourth-order valence-electron chi connectivity index (χ4n) is 7.74. The summed E-state index contributed by atoms with van der Waals surface area (Å²) in [6.45, 7) is 27.2. The number of aliphatic hydroxyl groups excluding tert-OH is 1. The van der Waals surface area contributed by atoms with Crippen molar-refractivity contribution in [3.8, 4) is 11.8 Å². The summed E-state index contributed by atoms with van der Waals surface area (Å²) in [5.74, 6) is 6.06. The molecule has 7 nitrogen and oxygen atoms in total. The van der Waals surface area contributed by atoms with Gasteiger partial charge >= 0.3 is 0 Å². The molecule has 0 spiro atoms. The molecule has 1 aliphatic carbocycles. The van der Waals surface area contributed by atoms with Crippen molar-refractivity contribution in [2.45, 2.75) is 193 Å². The summed E-state index contributed by atoms with van der Waals surface area (Å²) < 4.78 is 24.9. The van der Waals surface area contributed by atoms with Crippen molar-refractivity contribution < 1.29 is 28.6 Å². The minimum Gasteiger partial charge on any atom is -0.413 e. The number of nitrogens with zero attached hydrogens (tertiary/aromatic N) is 1. The Morgan fingerprint density at radius 1 is 0.958 bits per heavy atom. The summed E-state index contributed by atoms with van der Waals surface area (Å²) in [6.07, 6.45) is 15.7. The Bertz CT molecular complexity index is 1090. The van der Waals surface area contributed by atoms with Crippen molar-refractivity contribution in [1.29, 1.82) is 0 Å². The third-order valence-corrected chi connectivity index (χ3v) is 16.4. The van der Waals surface area contributed by atoms with Gasteiger partial charge in [-0.15, -0.1) is 11.8 Å². The molecule has 0 aromatic carbocycles. The Morgan fingerprint density at radius 3 is 2.17 bits per heavy atom. The molecule has 1 unspecified atom stereocenters. The van der Waals surface area contributed by atoms with Gasteiger partial charge in [0.05, 0.1) is 38.1 Å². The summed E-state index contributed by atoms with van der Waals surface area (Å²) in [6, 6.07) is 0. The standard InChI is InChI=1S/C40H71NO6Si/c1-12-13-16-20-31(46-41-37(5,6)24-19-25-38(41,7)8)22-23-33-32(34(42)27-35(33)47-48(10,11)36(2,3)4)21-17-14-15-18-26-40-43-28-39(9,29-44-40)30-45-40/h22-23,31-35,42H,12-13,15-16,18-21,24-30H2,1-11H3/b23-22+/t31?,32-,33+,34-,35+,39?,40?/m0/s1. The van der Waals surface area contributed by atoms with Gasteiger partial charge in [-0.1, -0.05) is 66.0 Å². The predicted octanol–water partition coefficient (Wildman–Crippen LogP) is 9.15. The summed E-state index contributed by atoms with van der Waals surface area (Å²) in [4.78, 5) is 6.98. The lowest BCUT2D eigenvalue weighted by atomic mass is 9.82. The molecule has 8 heteroatoms. The molecule has 0 radical (unpaired) electrons. The lowest BCUT2D eigenvalue weighted by Gasteiger charge is -2.52. The molecule has 5 aliphatic rings. The van der Waals surface area contributed by atoms with E-state index in [1.54, 1.807) is 0 Å². The zero-order chi connectivity index (χ0) is 35.4. The molecule has 4 heterocycles. The summed E-state index contributed by atoms with van der Waals surface area (Å²) in [5.41, 5.74) is -0.0666. The number of ether oxygens (including phenoxy) is 3. The van der Waals surface area contributed by atoms with Crippen LogP contribution < -0.4 is 0 Å². The fraction of sp³-hybridized carbons (Fsp3) is 0.900. The van der Waals surface area contributed by atoms with E-state index < -0.39 is 20.4 Å². The minimum atomic E-state index is -2.06. The highest BCUT2D eigenvalue weighted by atomic mass is 28.4. The summed E-state index contributed by atoms with van der Waals surface area (Å²) >= 11 is 0. The van der Waals surface area contributed by atoms with Gasteiger partial charge in [0.2, 0.25) is 0 Å². The van der Waals surface area contributed by atoms with E-state index in [1.807, 2.05) is 0 Å². The first-order valence-corrected chi connectivity index (χ1v) is 22.1. The van der Waals surface area contributed by atoms with E-state index in [9.17, 15) is 5.11 Å². The molecule has 1 saturated carbocycles. The zero-order valence-corrected chi connectivity index (χ0v) is 33.6. The second-order valence-corrected chi connectivity index (χ2v) is 23.3. The number of unbranched alkanes of at least 4 members (excludes halogenated alkanes) is 3. The molecule has 0 amide bonds. The average Bonchev–Trinajstić information content (AvgIpc) is 3.27. The first kappa shape index (κ1) is 40.0. The van der Waals surface area contributed by atoms with Crippen molar-refractivity contribution >= 4 is 8.32 Å². The molecule has 5 atom stereocenters. The van der Waals surface area contributed by atoms with Crippen LogP contribution in [0, 0.1) is 29.1 Å². The van der Waals surface area contributed by atoms with Crippen LogP contribution in [0.15, 0.2) is 12.2 Å². The Hall–Kier alpha value is -0.763. The van der Waals surface area contributed by atoms with Crippen LogP contribution in [0.25, 0.3) is 0 Å². The van der Waals surface area contributed by atoms with Crippen molar-refractivity contribution in [1.82, 2.24) is 5.06 Å². The van der Waals surface area contributed by atoms with Crippen LogP contribution in [-0.4, -0.2) is 73.7 Å². The van der Waals surface area contributed by atoms with E-state index in [1.165, 1.54) is 19.3 Å². The number of hydrogen-bond donors (Lipinski definition) is 1. The second kappa shape index (κ2) is 15.9. The molecule has 0 aromatic heterocycles. The van der Waals surface area contributed by atoms with Gasteiger partial charge in [-0.3, -0.25) is 4.84 Å². The topological polar surface area (TPSA) is 69.6 Å². The molecule has 2 bridgehead atoms. The second-order valence-electron chi connectivity index (χ2n) is 18.5. The maximum atomic E-state index is 11.5. The lowest BCUT2D eigenvalue weighted by molar-refractivity contribution is -0.467. The molecule has 0 aromatic rings. The van der Waals surface area contributed by atoms with E-state index in [4.69, 9.17) is 23.5 Å². The quantitative estimate of drug-likeness (QED) is 0.0844. The van der Waals surface area contributed by atoms with Gasteiger partial charge in [-0.05, 0) is 84.4 Å². The van der Waals surface area contributed by atoms with Gasteiger partial charge < -0.3 is 23.7 Å².